The highest BCUT2D eigenvalue weighted by Gasteiger charge is 2.47. The van der Waals surface area contributed by atoms with Crippen LogP contribution in [0.25, 0.3) is 0 Å². The highest BCUT2D eigenvalue weighted by atomic mass is 32.2. The van der Waals surface area contributed by atoms with Gasteiger partial charge in [0.05, 0.1) is 16.1 Å². The fourth-order valence-electron chi connectivity index (χ4n) is 7.94. The van der Waals surface area contributed by atoms with Gasteiger partial charge in [-0.1, -0.05) is 62.6 Å². The van der Waals surface area contributed by atoms with Gasteiger partial charge in [-0.25, -0.2) is 0 Å². The number of anilines is 1. The zero-order valence-electron chi connectivity index (χ0n) is 32.1. The lowest BCUT2D eigenvalue weighted by Crippen LogP contribution is -2.31. The Labute approximate surface area is 330 Å². The number of carboxylic acids is 1. The van der Waals surface area contributed by atoms with Crippen molar-refractivity contribution in [3.8, 4) is 0 Å². The van der Waals surface area contributed by atoms with Crippen LogP contribution in [0.1, 0.15) is 93.7 Å². The Hall–Kier alpha value is -3.88. The molecule has 3 N–H and O–H groups in total. The predicted octanol–water partition coefficient (Wildman–Crippen LogP) is 8.79. The second-order valence-electron chi connectivity index (χ2n) is 15.2. The summed E-state index contributed by atoms with van der Waals surface area (Å²) >= 11 is 1.75. The first-order valence-corrected chi connectivity index (χ1v) is 22.8. The molecule has 1 atom stereocenters. The number of thiophene rings is 1. The van der Waals surface area contributed by atoms with Crippen LogP contribution >= 0.6 is 11.3 Å². The van der Waals surface area contributed by atoms with E-state index in [2.05, 4.69) is 72.0 Å². The Balaban J connectivity index is 1.46. The number of aliphatic carboxylic acids is 1. The summed E-state index contributed by atoms with van der Waals surface area (Å²) in [5, 5.41) is 11.2. The second kappa shape index (κ2) is 17.5. The molecule has 0 saturated carbocycles. The van der Waals surface area contributed by atoms with E-state index in [0.717, 1.165) is 84.5 Å². The lowest BCUT2D eigenvalue weighted by atomic mass is 9.75. The number of nitrogens with zero attached hydrogens (tertiary/aromatic N) is 2. The molecule has 3 heterocycles. The van der Waals surface area contributed by atoms with E-state index in [1.165, 1.54) is 10.9 Å². The molecule has 0 spiro atoms. The summed E-state index contributed by atoms with van der Waals surface area (Å²) in [6, 6.07) is 15.3. The molecule has 1 unspecified atom stereocenters. The summed E-state index contributed by atoms with van der Waals surface area (Å²) in [5.74, 6) is -1.16. The average molecular weight is 810 g/mol. The van der Waals surface area contributed by atoms with Crippen LogP contribution < -0.4 is 4.90 Å². The van der Waals surface area contributed by atoms with Crippen molar-refractivity contribution >= 4 is 54.6 Å². The number of rotatable bonds is 19. The van der Waals surface area contributed by atoms with Crippen molar-refractivity contribution in [2.45, 2.75) is 101 Å². The van der Waals surface area contributed by atoms with E-state index in [0.29, 0.717) is 13.0 Å². The third-order valence-corrected chi connectivity index (χ3v) is 13.4. The molecule has 0 bridgehead atoms. The smallest absolute Gasteiger partial charge is 0.303 e. The molecule has 2 aliphatic heterocycles. The van der Waals surface area contributed by atoms with Crippen molar-refractivity contribution in [2.75, 3.05) is 23.7 Å². The van der Waals surface area contributed by atoms with Gasteiger partial charge in [-0.05, 0) is 93.3 Å². The van der Waals surface area contributed by atoms with E-state index >= 15 is 0 Å². The van der Waals surface area contributed by atoms with Crippen LogP contribution in [0, 0.1) is 6.92 Å². The van der Waals surface area contributed by atoms with Crippen molar-refractivity contribution in [1.29, 1.82) is 0 Å². The molecule has 10 nitrogen and oxygen atoms in total. The number of unbranched alkanes of at least 4 members (excludes halogenated alkanes) is 3. The quantitative estimate of drug-likeness (QED) is 0.0467. The highest BCUT2D eigenvalue weighted by molar-refractivity contribution is 7.86. The molecule has 296 valence electrons. The fraction of sp³-hybridized carbons (Fsp3) is 0.429. The van der Waals surface area contributed by atoms with E-state index in [1.54, 1.807) is 23.5 Å². The molecule has 0 radical (unpaired) electrons. The number of allylic oxidation sites excluding steroid dienone is 6. The Morgan fingerprint density at radius 3 is 2.36 bits per heavy atom. The maximum atomic E-state index is 12.1. The van der Waals surface area contributed by atoms with Gasteiger partial charge in [-0.3, -0.25) is 13.9 Å². The van der Waals surface area contributed by atoms with Crippen LogP contribution in [-0.2, 0) is 42.3 Å². The van der Waals surface area contributed by atoms with Crippen LogP contribution in [0.4, 0.5) is 11.4 Å². The zero-order chi connectivity index (χ0) is 40.0. The van der Waals surface area contributed by atoms with E-state index in [-0.39, 0.29) is 23.5 Å². The summed E-state index contributed by atoms with van der Waals surface area (Å²) in [7, 11) is -8.52. The van der Waals surface area contributed by atoms with Gasteiger partial charge in [0.15, 0.2) is 5.71 Å². The van der Waals surface area contributed by atoms with Gasteiger partial charge in [0.25, 0.3) is 20.2 Å². The molecule has 5 rings (SSSR count). The summed E-state index contributed by atoms with van der Waals surface area (Å²) in [6.45, 7) is 9.46. The summed E-state index contributed by atoms with van der Waals surface area (Å²) in [6.07, 6.45) is 16.2. The fourth-order valence-corrected chi connectivity index (χ4v) is 9.70. The van der Waals surface area contributed by atoms with Gasteiger partial charge in [-0.15, -0.1) is 11.3 Å². The molecule has 2 aromatic carbocycles. The molecule has 0 aliphatic carbocycles. The minimum Gasteiger partial charge on any atom is -0.481 e. The standard InChI is InChI=1S/C42H52N2O8S3/c1-31-20-22-37-35(29-31)42(4,24-11-6-9-19-40(45)46)39(44(37)26-14-28-54(47,48)49)18-8-5-7-17-38-41(2,3)34-30-33(55(50,51)52)21-23-36(34)43(38)25-12-10-15-32-16-13-27-53-32/h5,7-8,13,16-18,20-23,27,29-30H,6,9-12,14-15,19,24-26,28H2,1-4H3,(H2-,45,46,47,48,49,50,51,52)/p+1. The number of benzene rings is 2. The lowest BCUT2D eigenvalue weighted by molar-refractivity contribution is -0.437. The topological polar surface area (TPSA) is 152 Å². The van der Waals surface area contributed by atoms with Gasteiger partial charge in [0.1, 0.15) is 6.54 Å². The Morgan fingerprint density at radius 2 is 1.67 bits per heavy atom. The number of carbonyl (C=O) groups is 1. The summed E-state index contributed by atoms with van der Waals surface area (Å²) in [5.41, 5.74) is 5.99. The summed E-state index contributed by atoms with van der Waals surface area (Å²) in [4.78, 5) is 14.6. The predicted molar refractivity (Wildman–Crippen MR) is 220 cm³/mol. The van der Waals surface area contributed by atoms with Crippen LogP contribution in [0.5, 0.6) is 0 Å². The molecule has 1 aromatic heterocycles. The molecular formula is C42H53N2O8S3+. The van der Waals surface area contributed by atoms with Gasteiger partial charge in [0, 0.05) is 58.8 Å². The van der Waals surface area contributed by atoms with E-state index < -0.39 is 37.0 Å². The van der Waals surface area contributed by atoms with Crippen molar-refractivity contribution in [3.05, 3.63) is 112 Å². The maximum Gasteiger partial charge on any atom is 0.303 e. The van der Waals surface area contributed by atoms with E-state index in [9.17, 15) is 30.7 Å². The highest BCUT2D eigenvalue weighted by Crippen LogP contribution is 2.49. The zero-order valence-corrected chi connectivity index (χ0v) is 34.5. The number of carboxylic acid groups (broad SMARTS) is 1. The second-order valence-corrected chi connectivity index (χ2v) is 19.3. The number of fused-ring (bicyclic) bond motifs is 2. The maximum absolute atomic E-state index is 12.1. The minimum absolute atomic E-state index is 0.126. The normalized spacial score (nSPS) is 18.9. The first-order chi connectivity index (χ1) is 25.9. The van der Waals surface area contributed by atoms with E-state index in [4.69, 9.17) is 5.11 Å². The van der Waals surface area contributed by atoms with Crippen LogP contribution in [0.2, 0.25) is 0 Å². The Kier molecular flexibility index (Phi) is 13.5. The van der Waals surface area contributed by atoms with E-state index in [1.807, 2.05) is 31.2 Å². The third-order valence-electron chi connectivity index (χ3n) is 10.8. The molecule has 55 heavy (non-hydrogen) atoms. The minimum atomic E-state index is -4.38. The number of aryl methyl sites for hydroxylation is 2. The summed E-state index contributed by atoms with van der Waals surface area (Å²) < 4.78 is 69.0. The average Bonchev–Trinajstić information content (AvgIpc) is 3.75. The van der Waals surface area contributed by atoms with Gasteiger partial charge >= 0.3 is 5.97 Å². The van der Waals surface area contributed by atoms with Gasteiger partial charge in [0.2, 0.25) is 5.69 Å². The first-order valence-electron chi connectivity index (χ1n) is 18.8. The number of hydrogen-bond acceptors (Lipinski definition) is 7. The Bertz CT molecular complexity index is 2220. The van der Waals surface area contributed by atoms with Crippen molar-refractivity contribution in [1.82, 2.24) is 0 Å². The largest absolute Gasteiger partial charge is 0.481 e. The van der Waals surface area contributed by atoms with Crippen molar-refractivity contribution in [3.63, 3.8) is 0 Å². The van der Waals surface area contributed by atoms with Gasteiger partial charge in [-0.2, -0.15) is 21.4 Å². The molecule has 2 aliphatic rings. The monoisotopic (exact) mass is 809 g/mol. The Morgan fingerprint density at radius 1 is 0.891 bits per heavy atom. The third kappa shape index (κ3) is 10.3. The molecule has 13 heteroatoms. The van der Waals surface area contributed by atoms with Crippen molar-refractivity contribution < 1.29 is 40.4 Å². The molecule has 0 amide bonds. The first kappa shape index (κ1) is 42.3. The van der Waals surface area contributed by atoms with Gasteiger partial charge < -0.3 is 10.0 Å². The lowest BCUT2D eigenvalue weighted by Gasteiger charge is -2.27. The molecule has 0 fully saturated rings. The van der Waals surface area contributed by atoms with Crippen LogP contribution in [0.3, 0.4) is 0 Å². The van der Waals surface area contributed by atoms with Crippen molar-refractivity contribution in [2.24, 2.45) is 0 Å². The SMILES string of the molecule is Cc1ccc2c(c1)C(C)(CCCCCC(=O)O)C(/C=C/C=C/C=C1/N(CCCCc3cccs3)c3ccc(S(=O)(=O)O)cc3C1(C)C)=[N+]2CCCS(=O)(=O)O. The van der Waals surface area contributed by atoms with Crippen LogP contribution in [0.15, 0.2) is 94.9 Å². The molecular weight excluding hydrogens is 757 g/mol. The number of hydrogen-bond donors (Lipinski definition) is 3. The molecule has 3 aromatic rings. The van der Waals surface area contributed by atoms with Crippen LogP contribution in [-0.4, -0.2) is 66.1 Å². The molecule has 0 saturated heterocycles.